The number of hydrogen-bond donors (Lipinski definition) is 2. The summed E-state index contributed by atoms with van der Waals surface area (Å²) in [6.07, 6.45) is 0. The second-order valence-corrected chi connectivity index (χ2v) is 6.84. The van der Waals surface area contributed by atoms with Gasteiger partial charge in [-0.1, -0.05) is 41.9 Å². The van der Waals surface area contributed by atoms with Crippen molar-refractivity contribution in [2.45, 2.75) is 13.2 Å². The predicted molar refractivity (Wildman–Crippen MR) is 123 cm³/mol. The van der Waals surface area contributed by atoms with Crippen LogP contribution < -0.4 is 15.4 Å². The monoisotopic (exact) mass is 447 g/mol. The van der Waals surface area contributed by atoms with Crippen LogP contribution in [0, 0.1) is 10.1 Å². The van der Waals surface area contributed by atoms with Gasteiger partial charge in [-0.2, -0.15) is 0 Å². The van der Waals surface area contributed by atoms with Crippen molar-refractivity contribution in [3.8, 4) is 5.75 Å². The van der Waals surface area contributed by atoms with Crippen molar-refractivity contribution in [1.29, 1.82) is 0 Å². The number of nitro benzene ring substituents is 1. The highest BCUT2D eigenvalue weighted by atomic mass is 35.5. The molecule has 0 aliphatic heterocycles. The van der Waals surface area contributed by atoms with Crippen molar-refractivity contribution in [1.82, 2.24) is 5.32 Å². The normalized spacial score (nSPS) is 10.2. The van der Waals surface area contributed by atoms with Crippen molar-refractivity contribution in [2.24, 2.45) is 0 Å². The first-order valence-corrected chi connectivity index (χ1v) is 9.64. The van der Waals surface area contributed by atoms with Crippen LogP contribution in [0.4, 0.5) is 11.4 Å². The van der Waals surface area contributed by atoms with Gasteiger partial charge in [0, 0.05) is 48.0 Å². The molecule has 0 radical (unpaired) electrons. The van der Waals surface area contributed by atoms with Gasteiger partial charge in [0.05, 0.1) is 4.92 Å². The molecule has 30 heavy (non-hydrogen) atoms. The van der Waals surface area contributed by atoms with Gasteiger partial charge < -0.3 is 15.4 Å². The minimum absolute atomic E-state index is 0. The average molecular weight is 448 g/mol. The molecule has 6 nitrogen and oxygen atoms in total. The molecule has 2 N–H and O–H groups in total. The highest BCUT2D eigenvalue weighted by Gasteiger charge is 2.03. The van der Waals surface area contributed by atoms with Gasteiger partial charge in [0.15, 0.2) is 0 Å². The lowest BCUT2D eigenvalue weighted by Crippen LogP contribution is -2.21. The van der Waals surface area contributed by atoms with E-state index in [9.17, 15) is 10.1 Å². The third-order valence-corrected chi connectivity index (χ3v) is 4.68. The van der Waals surface area contributed by atoms with E-state index in [1.165, 1.54) is 12.1 Å². The molecular weight excluding hydrogens is 425 g/mol. The summed E-state index contributed by atoms with van der Waals surface area (Å²) >= 11 is 6.14. The molecule has 0 bridgehead atoms. The lowest BCUT2D eigenvalue weighted by atomic mass is 10.2. The van der Waals surface area contributed by atoms with Crippen LogP contribution in [-0.2, 0) is 13.2 Å². The number of anilines is 1. The number of nitro groups is 1. The Hall–Kier alpha value is -2.80. The quantitative estimate of drug-likeness (QED) is 0.245. The van der Waals surface area contributed by atoms with E-state index in [0.717, 1.165) is 42.2 Å². The van der Waals surface area contributed by atoms with Gasteiger partial charge in [-0.3, -0.25) is 10.1 Å². The van der Waals surface area contributed by atoms with Gasteiger partial charge >= 0.3 is 0 Å². The summed E-state index contributed by atoms with van der Waals surface area (Å²) in [5.41, 5.74) is 3.07. The molecule has 158 valence electrons. The van der Waals surface area contributed by atoms with Gasteiger partial charge in [0.2, 0.25) is 0 Å². The highest BCUT2D eigenvalue weighted by molar-refractivity contribution is 6.31. The Balaban J connectivity index is 0.00000320. The second kappa shape index (κ2) is 12.0. The maximum absolute atomic E-state index is 10.6. The zero-order valence-corrected chi connectivity index (χ0v) is 17.8. The standard InChI is InChI=1S/C22H22ClN3O3.ClH/c23-22-4-2-1-3-18(22)16-29-21-11-5-17(6-12-21)15-24-13-14-25-19-7-9-20(10-8-19)26(27)28;/h1-12,24-25H,13-16H2;1H. The molecule has 3 aromatic rings. The summed E-state index contributed by atoms with van der Waals surface area (Å²) in [6.45, 7) is 2.66. The van der Waals surface area contributed by atoms with Crippen LogP contribution >= 0.6 is 24.0 Å². The first-order valence-electron chi connectivity index (χ1n) is 9.26. The fraction of sp³-hybridized carbons (Fsp3) is 0.182. The molecule has 0 spiro atoms. The Kier molecular flexibility index (Phi) is 9.41. The van der Waals surface area contributed by atoms with Crippen LogP contribution in [0.1, 0.15) is 11.1 Å². The molecule has 0 heterocycles. The molecule has 0 amide bonds. The third kappa shape index (κ3) is 7.22. The number of hydrogen-bond acceptors (Lipinski definition) is 5. The Labute approximate surface area is 186 Å². The lowest BCUT2D eigenvalue weighted by Gasteiger charge is -2.10. The molecule has 0 fully saturated rings. The van der Waals surface area contributed by atoms with Crippen molar-refractivity contribution >= 4 is 35.4 Å². The topological polar surface area (TPSA) is 76.4 Å². The molecule has 8 heteroatoms. The summed E-state index contributed by atoms with van der Waals surface area (Å²) < 4.78 is 5.79. The van der Waals surface area contributed by atoms with E-state index >= 15 is 0 Å². The van der Waals surface area contributed by atoms with Crippen molar-refractivity contribution in [3.05, 3.63) is 99.1 Å². The predicted octanol–water partition coefficient (Wildman–Crippen LogP) is 5.45. The fourth-order valence-corrected chi connectivity index (χ4v) is 2.90. The van der Waals surface area contributed by atoms with E-state index in [0.29, 0.717) is 11.6 Å². The number of non-ortho nitro benzene ring substituents is 1. The maximum Gasteiger partial charge on any atom is 0.269 e. The van der Waals surface area contributed by atoms with E-state index in [4.69, 9.17) is 16.3 Å². The SMILES string of the molecule is Cl.O=[N+]([O-])c1ccc(NCCNCc2ccc(OCc3ccccc3Cl)cc2)cc1. The lowest BCUT2D eigenvalue weighted by molar-refractivity contribution is -0.384. The fourth-order valence-electron chi connectivity index (χ4n) is 2.71. The zero-order valence-electron chi connectivity index (χ0n) is 16.2. The Morgan fingerprint density at radius 2 is 1.63 bits per heavy atom. The first kappa shape index (κ1) is 23.5. The molecule has 0 saturated heterocycles. The average Bonchev–Trinajstić information content (AvgIpc) is 2.74. The van der Waals surface area contributed by atoms with Gasteiger partial charge in [-0.25, -0.2) is 0 Å². The number of ether oxygens (including phenoxy) is 1. The summed E-state index contributed by atoms with van der Waals surface area (Å²) in [5, 5.41) is 17.9. The molecule has 0 aromatic heterocycles. The van der Waals surface area contributed by atoms with Crippen molar-refractivity contribution in [3.63, 3.8) is 0 Å². The van der Waals surface area contributed by atoms with Crippen molar-refractivity contribution in [2.75, 3.05) is 18.4 Å². The first-order chi connectivity index (χ1) is 14.1. The number of benzene rings is 3. The Morgan fingerprint density at radius 1 is 0.933 bits per heavy atom. The van der Waals surface area contributed by atoms with E-state index < -0.39 is 4.92 Å². The van der Waals surface area contributed by atoms with E-state index in [1.54, 1.807) is 12.1 Å². The van der Waals surface area contributed by atoms with E-state index in [-0.39, 0.29) is 18.1 Å². The van der Waals surface area contributed by atoms with Gasteiger partial charge in [0.25, 0.3) is 5.69 Å². The molecule has 0 aliphatic rings. The van der Waals surface area contributed by atoms with Gasteiger partial charge in [-0.05, 0) is 35.9 Å². The molecule has 0 aliphatic carbocycles. The van der Waals surface area contributed by atoms with Crippen LogP contribution in [0.2, 0.25) is 5.02 Å². The van der Waals surface area contributed by atoms with Crippen LogP contribution in [0.15, 0.2) is 72.8 Å². The number of halogens is 2. The van der Waals surface area contributed by atoms with Gasteiger partial charge in [-0.15, -0.1) is 12.4 Å². The smallest absolute Gasteiger partial charge is 0.269 e. The molecule has 0 atom stereocenters. The molecule has 0 unspecified atom stereocenters. The minimum Gasteiger partial charge on any atom is -0.489 e. The number of nitrogens with one attached hydrogen (secondary N) is 2. The molecular formula is C22H23Cl2N3O3. The van der Waals surface area contributed by atoms with Crippen LogP contribution in [-0.4, -0.2) is 18.0 Å². The van der Waals surface area contributed by atoms with Crippen molar-refractivity contribution < 1.29 is 9.66 Å². The summed E-state index contributed by atoms with van der Waals surface area (Å²) in [4.78, 5) is 10.2. The van der Waals surface area contributed by atoms with Crippen LogP contribution in [0.25, 0.3) is 0 Å². The minimum atomic E-state index is -0.404. The number of rotatable bonds is 10. The Morgan fingerprint density at radius 3 is 2.30 bits per heavy atom. The summed E-state index contributed by atoms with van der Waals surface area (Å²) in [6, 6.07) is 22.0. The highest BCUT2D eigenvalue weighted by Crippen LogP contribution is 2.19. The molecule has 3 aromatic carbocycles. The second-order valence-electron chi connectivity index (χ2n) is 6.43. The Bertz CT molecular complexity index is 935. The molecule has 0 saturated carbocycles. The van der Waals surface area contributed by atoms with Gasteiger partial charge in [0.1, 0.15) is 12.4 Å². The van der Waals surface area contributed by atoms with E-state index in [1.807, 2.05) is 48.5 Å². The summed E-state index contributed by atoms with van der Waals surface area (Å²) in [5.74, 6) is 0.800. The molecule has 3 rings (SSSR count). The zero-order chi connectivity index (χ0) is 20.5. The largest absolute Gasteiger partial charge is 0.489 e. The summed E-state index contributed by atoms with van der Waals surface area (Å²) in [7, 11) is 0. The van der Waals surface area contributed by atoms with Crippen LogP contribution in [0.5, 0.6) is 5.75 Å². The third-order valence-electron chi connectivity index (χ3n) is 4.31. The maximum atomic E-state index is 10.6. The van der Waals surface area contributed by atoms with Crippen LogP contribution in [0.3, 0.4) is 0 Å². The van der Waals surface area contributed by atoms with E-state index in [2.05, 4.69) is 10.6 Å². The number of nitrogens with zero attached hydrogens (tertiary/aromatic N) is 1.